The maximum Gasteiger partial charge on any atom is 0.346 e. The number of anilines is 1. The molecule has 2 aromatic rings. The molecule has 0 saturated heterocycles. The summed E-state index contributed by atoms with van der Waals surface area (Å²) in [4.78, 5) is 20.9. The van der Waals surface area contributed by atoms with Crippen LogP contribution >= 0.6 is 0 Å². The monoisotopic (exact) mass is 215 g/mol. The number of rotatable bonds is 3. The molecule has 0 atom stereocenters. The molecular formula is C10H9N5O. The molecule has 2 N–H and O–H groups in total. The van der Waals surface area contributed by atoms with Crippen molar-refractivity contribution in [3.63, 3.8) is 0 Å². The molecule has 0 aliphatic heterocycles. The SMILES string of the molecule is O=c1nccc(NN=Cc2ccccn2)[nH]1. The maximum atomic E-state index is 10.9. The van der Waals surface area contributed by atoms with E-state index in [4.69, 9.17) is 0 Å². The van der Waals surface area contributed by atoms with E-state index in [1.165, 1.54) is 6.20 Å². The van der Waals surface area contributed by atoms with E-state index in [2.05, 4.69) is 25.5 Å². The summed E-state index contributed by atoms with van der Waals surface area (Å²) in [6.07, 6.45) is 4.63. The first kappa shape index (κ1) is 10.0. The molecular weight excluding hydrogens is 206 g/mol. The Morgan fingerprint density at radius 3 is 2.94 bits per heavy atom. The molecule has 6 nitrogen and oxygen atoms in total. The summed E-state index contributed by atoms with van der Waals surface area (Å²) < 4.78 is 0. The van der Waals surface area contributed by atoms with E-state index in [1.807, 2.05) is 18.2 Å². The molecule has 2 aromatic heterocycles. The molecule has 16 heavy (non-hydrogen) atoms. The highest BCUT2D eigenvalue weighted by molar-refractivity contribution is 5.77. The van der Waals surface area contributed by atoms with Gasteiger partial charge in [0.05, 0.1) is 11.9 Å². The van der Waals surface area contributed by atoms with E-state index >= 15 is 0 Å². The van der Waals surface area contributed by atoms with Gasteiger partial charge in [0.1, 0.15) is 5.82 Å². The fourth-order valence-electron chi connectivity index (χ4n) is 1.05. The number of hydrogen-bond acceptors (Lipinski definition) is 5. The summed E-state index contributed by atoms with van der Waals surface area (Å²) in [5.74, 6) is 0.479. The highest BCUT2D eigenvalue weighted by Crippen LogP contribution is 1.95. The van der Waals surface area contributed by atoms with Crippen LogP contribution in [-0.2, 0) is 0 Å². The maximum absolute atomic E-state index is 10.9. The van der Waals surface area contributed by atoms with Crippen LogP contribution in [0, 0.1) is 0 Å². The Kier molecular flexibility index (Phi) is 3.03. The normalized spacial score (nSPS) is 10.5. The van der Waals surface area contributed by atoms with Gasteiger partial charge in [-0.1, -0.05) is 6.07 Å². The van der Waals surface area contributed by atoms with Crippen molar-refractivity contribution in [1.82, 2.24) is 15.0 Å². The van der Waals surface area contributed by atoms with Crippen molar-refractivity contribution in [1.29, 1.82) is 0 Å². The van der Waals surface area contributed by atoms with Gasteiger partial charge in [-0.3, -0.25) is 15.4 Å². The molecule has 0 unspecified atom stereocenters. The predicted octanol–water partition coefficient (Wildman–Crippen LogP) is 0.611. The summed E-state index contributed by atoms with van der Waals surface area (Å²) in [5, 5.41) is 3.92. The molecule has 80 valence electrons. The summed E-state index contributed by atoms with van der Waals surface area (Å²) in [7, 11) is 0. The molecule has 2 heterocycles. The molecule has 0 aromatic carbocycles. The Hall–Kier alpha value is -2.50. The molecule has 0 saturated carbocycles. The van der Waals surface area contributed by atoms with Crippen LogP contribution in [0.2, 0.25) is 0 Å². The second kappa shape index (κ2) is 4.83. The zero-order valence-electron chi connectivity index (χ0n) is 8.29. The van der Waals surface area contributed by atoms with E-state index in [1.54, 1.807) is 18.5 Å². The van der Waals surface area contributed by atoms with Gasteiger partial charge in [-0.25, -0.2) is 9.78 Å². The van der Waals surface area contributed by atoms with Crippen molar-refractivity contribution < 1.29 is 0 Å². The van der Waals surface area contributed by atoms with E-state index in [-0.39, 0.29) is 0 Å². The Morgan fingerprint density at radius 2 is 2.19 bits per heavy atom. The minimum atomic E-state index is -0.418. The molecule has 0 fully saturated rings. The lowest BCUT2D eigenvalue weighted by molar-refractivity contribution is 1.06. The highest BCUT2D eigenvalue weighted by Gasteiger charge is 1.89. The van der Waals surface area contributed by atoms with Crippen LogP contribution in [0.15, 0.2) is 46.6 Å². The lowest BCUT2D eigenvalue weighted by Crippen LogP contribution is -2.10. The van der Waals surface area contributed by atoms with E-state index < -0.39 is 5.69 Å². The Bertz CT molecular complexity index is 534. The number of hydrogen-bond donors (Lipinski definition) is 2. The number of nitrogens with zero attached hydrogens (tertiary/aromatic N) is 3. The number of hydrazone groups is 1. The van der Waals surface area contributed by atoms with Crippen LogP contribution in [-0.4, -0.2) is 21.2 Å². The van der Waals surface area contributed by atoms with E-state index in [0.29, 0.717) is 5.82 Å². The molecule has 0 amide bonds. The lowest BCUT2D eigenvalue weighted by atomic mass is 10.4. The third-order valence-corrected chi connectivity index (χ3v) is 1.74. The largest absolute Gasteiger partial charge is 0.346 e. The van der Waals surface area contributed by atoms with Gasteiger partial charge in [0.2, 0.25) is 0 Å². The van der Waals surface area contributed by atoms with Crippen LogP contribution in [0.25, 0.3) is 0 Å². The zero-order valence-corrected chi connectivity index (χ0v) is 8.29. The molecule has 0 radical (unpaired) electrons. The second-order valence-corrected chi connectivity index (χ2v) is 2.91. The van der Waals surface area contributed by atoms with Crippen molar-refractivity contribution in [2.75, 3.05) is 5.43 Å². The van der Waals surface area contributed by atoms with Crippen LogP contribution in [0.1, 0.15) is 5.69 Å². The van der Waals surface area contributed by atoms with Gasteiger partial charge in [0.15, 0.2) is 0 Å². The first-order valence-corrected chi connectivity index (χ1v) is 4.60. The van der Waals surface area contributed by atoms with E-state index in [0.717, 1.165) is 5.69 Å². The van der Waals surface area contributed by atoms with Crippen molar-refractivity contribution in [2.45, 2.75) is 0 Å². The molecule has 6 heteroatoms. The fraction of sp³-hybridized carbons (Fsp3) is 0. The Balaban J connectivity index is 2.03. The molecule has 0 aliphatic rings. The first-order chi connectivity index (χ1) is 7.84. The van der Waals surface area contributed by atoms with Crippen molar-refractivity contribution in [3.8, 4) is 0 Å². The minimum absolute atomic E-state index is 0.418. The Labute approximate surface area is 91.1 Å². The van der Waals surface area contributed by atoms with Gasteiger partial charge in [-0.15, -0.1) is 0 Å². The summed E-state index contributed by atoms with van der Waals surface area (Å²) >= 11 is 0. The fourth-order valence-corrected chi connectivity index (χ4v) is 1.05. The predicted molar refractivity (Wildman–Crippen MR) is 60.3 cm³/mol. The smallest absolute Gasteiger partial charge is 0.291 e. The van der Waals surface area contributed by atoms with Crippen molar-refractivity contribution in [3.05, 3.63) is 52.8 Å². The third kappa shape index (κ3) is 2.74. The average Bonchev–Trinajstić information content (AvgIpc) is 2.30. The van der Waals surface area contributed by atoms with Crippen LogP contribution in [0.5, 0.6) is 0 Å². The second-order valence-electron chi connectivity index (χ2n) is 2.91. The lowest BCUT2D eigenvalue weighted by Gasteiger charge is -1.97. The number of aromatic amines is 1. The highest BCUT2D eigenvalue weighted by atomic mass is 16.1. The minimum Gasteiger partial charge on any atom is -0.291 e. The molecule has 2 rings (SSSR count). The van der Waals surface area contributed by atoms with Gasteiger partial charge in [-0.2, -0.15) is 5.10 Å². The average molecular weight is 215 g/mol. The van der Waals surface area contributed by atoms with Gasteiger partial charge in [0.25, 0.3) is 0 Å². The summed E-state index contributed by atoms with van der Waals surface area (Å²) in [6, 6.07) is 7.12. The summed E-state index contributed by atoms with van der Waals surface area (Å²) in [6.45, 7) is 0. The van der Waals surface area contributed by atoms with Gasteiger partial charge < -0.3 is 0 Å². The van der Waals surface area contributed by atoms with Gasteiger partial charge >= 0.3 is 5.69 Å². The summed E-state index contributed by atoms with van der Waals surface area (Å²) in [5.41, 5.74) is 2.98. The molecule has 0 spiro atoms. The topological polar surface area (TPSA) is 83.0 Å². The van der Waals surface area contributed by atoms with Gasteiger partial charge in [0, 0.05) is 12.4 Å². The van der Waals surface area contributed by atoms with Crippen molar-refractivity contribution in [2.24, 2.45) is 5.10 Å². The van der Waals surface area contributed by atoms with Crippen LogP contribution in [0.3, 0.4) is 0 Å². The quantitative estimate of drug-likeness (QED) is 0.580. The Morgan fingerprint density at radius 1 is 1.25 bits per heavy atom. The number of nitrogens with one attached hydrogen (secondary N) is 2. The third-order valence-electron chi connectivity index (χ3n) is 1.74. The number of pyridine rings is 1. The van der Waals surface area contributed by atoms with E-state index in [9.17, 15) is 4.79 Å². The van der Waals surface area contributed by atoms with Crippen LogP contribution in [0.4, 0.5) is 5.82 Å². The van der Waals surface area contributed by atoms with Crippen molar-refractivity contribution >= 4 is 12.0 Å². The van der Waals surface area contributed by atoms with Crippen LogP contribution < -0.4 is 11.1 Å². The van der Waals surface area contributed by atoms with Gasteiger partial charge in [-0.05, 0) is 18.2 Å². The number of aromatic nitrogens is 3. The zero-order chi connectivity index (χ0) is 11.2. The molecule has 0 aliphatic carbocycles. The standard InChI is InChI=1S/C10H9N5O/c16-10-12-6-4-9(14-10)15-13-7-8-3-1-2-5-11-8/h1-7H,(H2,12,14,15,16). The first-order valence-electron chi connectivity index (χ1n) is 4.60. The number of H-pyrrole nitrogens is 1. The molecule has 0 bridgehead atoms.